The zero-order valence-corrected chi connectivity index (χ0v) is 9.51. The molecular weight excluding hydrogens is 204 g/mol. The normalized spacial score (nSPS) is 23.4. The molecule has 1 N–H and O–H groups in total. The number of benzene rings is 1. The summed E-state index contributed by atoms with van der Waals surface area (Å²) in [6, 6.07) is 5.87. The quantitative estimate of drug-likeness (QED) is 0.793. The van der Waals surface area contributed by atoms with Crippen LogP contribution in [0.5, 0.6) is 11.5 Å². The zero-order chi connectivity index (χ0) is 11.5. The van der Waals surface area contributed by atoms with E-state index in [4.69, 9.17) is 9.47 Å². The minimum atomic E-state index is -0.321. The third-order valence-corrected chi connectivity index (χ3v) is 2.90. The average molecular weight is 220 g/mol. The number of allylic oxidation sites excluding steroid dienone is 1. The molecule has 16 heavy (non-hydrogen) atoms. The van der Waals surface area contributed by atoms with Crippen LogP contribution < -0.4 is 9.47 Å². The SMILES string of the molecule is COc1ccc([C@H]2C=C[C@@H](O)C2)cc1OC. The maximum atomic E-state index is 9.45. The minimum absolute atomic E-state index is 0.273. The van der Waals surface area contributed by atoms with Gasteiger partial charge in [-0.05, 0) is 24.1 Å². The van der Waals surface area contributed by atoms with Crippen LogP contribution >= 0.6 is 0 Å². The van der Waals surface area contributed by atoms with E-state index in [1.807, 2.05) is 30.4 Å². The summed E-state index contributed by atoms with van der Waals surface area (Å²) in [6.07, 6.45) is 4.29. The van der Waals surface area contributed by atoms with Crippen LogP contribution in [0.25, 0.3) is 0 Å². The van der Waals surface area contributed by atoms with E-state index in [0.717, 1.165) is 23.5 Å². The Morgan fingerprint density at radius 2 is 1.88 bits per heavy atom. The average Bonchev–Trinajstić information content (AvgIpc) is 2.75. The van der Waals surface area contributed by atoms with E-state index in [1.54, 1.807) is 14.2 Å². The molecule has 0 amide bonds. The topological polar surface area (TPSA) is 38.7 Å². The van der Waals surface area contributed by atoms with Crippen LogP contribution in [-0.2, 0) is 0 Å². The van der Waals surface area contributed by atoms with E-state index < -0.39 is 0 Å². The summed E-state index contributed by atoms with van der Waals surface area (Å²) in [6.45, 7) is 0. The molecule has 0 aliphatic heterocycles. The molecule has 1 aromatic rings. The fraction of sp³-hybridized carbons (Fsp3) is 0.385. The highest BCUT2D eigenvalue weighted by atomic mass is 16.5. The summed E-state index contributed by atoms with van der Waals surface area (Å²) in [5, 5.41) is 9.45. The highest BCUT2D eigenvalue weighted by Gasteiger charge is 2.19. The Labute approximate surface area is 95.3 Å². The third kappa shape index (κ3) is 2.04. The summed E-state index contributed by atoms with van der Waals surface area (Å²) in [5.74, 6) is 1.73. The van der Waals surface area contributed by atoms with Gasteiger partial charge in [0.15, 0.2) is 11.5 Å². The standard InChI is InChI=1S/C13H16O3/c1-15-12-6-4-10(8-13(12)16-2)9-3-5-11(14)7-9/h3-6,8-9,11,14H,7H2,1-2H3/t9-,11+/m0/s1. The van der Waals surface area contributed by atoms with Gasteiger partial charge in [0, 0.05) is 5.92 Å². The van der Waals surface area contributed by atoms with Crippen molar-refractivity contribution in [2.45, 2.75) is 18.4 Å². The van der Waals surface area contributed by atoms with Crippen molar-refractivity contribution in [1.82, 2.24) is 0 Å². The zero-order valence-electron chi connectivity index (χ0n) is 9.51. The van der Waals surface area contributed by atoms with Gasteiger partial charge in [0.05, 0.1) is 20.3 Å². The number of aliphatic hydroxyl groups is 1. The monoisotopic (exact) mass is 220 g/mol. The van der Waals surface area contributed by atoms with Crippen LogP contribution in [0.1, 0.15) is 17.9 Å². The van der Waals surface area contributed by atoms with Crippen LogP contribution in [-0.4, -0.2) is 25.4 Å². The first-order valence-corrected chi connectivity index (χ1v) is 5.33. The fourth-order valence-electron chi connectivity index (χ4n) is 2.01. The van der Waals surface area contributed by atoms with Crippen LogP contribution in [0.3, 0.4) is 0 Å². The Hall–Kier alpha value is -1.48. The molecule has 0 saturated heterocycles. The molecule has 0 aromatic heterocycles. The highest BCUT2D eigenvalue weighted by molar-refractivity contribution is 5.45. The van der Waals surface area contributed by atoms with Crippen molar-refractivity contribution in [3.63, 3.8) is 0 Å². The molecule has 0 unspecified atom stereocenters. The van der Waals surface area contributed by atoms with Crippen molar-refractivity contribution in [3.8, 4) is 11.5 Å². The maximum Gasteiger partial charge on any atom is 0.161 e. The first-order valence-electron chi connectivity index (χ1n) is 5.33. The molecule has 2 atom stereocenters. The lowest BCUT2D eigenvalue weighted by atomic mass is 9.98. The van der Waals surface area contributed by atoms with Gasteiger partial charge in [-0.3, -0.25) is 0 Å². The fourth-order valence-corrected chi connectivity index (χ4v) is 2.01. The molecule has 3 heteroatoms. The Morgan fingerprint density at radius 1 is 1.12 bits per heavy atom. The lowest BCUT2D eigenvalue weighted by molar-refractivity contribution is 0.218. The van der Waals surface area contributed by atoms with Crippen molar-refractivity contribution >= 4 is 0 Å². The number of methoxy groups -OCH3 is 2. The summed E-state index contributed by atoms with van der Waals surface area (Å²) >= 11 is 0. The number of ether oxygens (including phenoxy) is 2. The summed E-state index contributed by atoms with van der Waals surface area (Å²) in [4.78, 5) is 0. The van der Waals surface area contributed by atoms with E-state index in [0.29, 0.717) is 0 Å². The molecule has 0 radical (unpaired) electrons. The van der Waals surface area contributed by atoms with Gasteiger partial charge < -0.3 is 14.6 Å². The van der Waals surface area contributed by atoms with E-state index in [2.05, 4.69) is 0 Å². The number of hydrogen-bond acceptors (Lipinski definition) is 3. The molecule has 0 bridgehead atoms. The van der Waals surface area contributed by atoms with E-state index in [1.165, 1.54) is 0 Å². The third-order valence-electron chi connectivity index (χ3n) is 2.90. The number of rotatable bonds is 3. The van der Waals surface area contributed by atoms with Crippen LogP contribution in [0.2, 0.25) is 0 Å². The summed E-state index contributed by atoms with van der Waals surface area (Å²) in [5.41, 5.74) is 1.14. The molecule has 86 valence electrons. The molecule has 1 aromatic carbocycles. The van der Waals surface area contributed by atoms with Gasteiger partial charge in [-0.15, -0.1) is 0 Å². The van der Waals surface area contributed by atoms with Crippen molar-refractivity contribution in [3.05, 3.63) is 35.9 Å². The summed E-state index contributed by atoms with van der Waals surface area (Å²) < 4.78 is 10.4. The Kier molecular flexibility index (Phi) is 3.15. The molecule has 2 rings (SSSR count). The van der Waals surface area contributed by atoms with E-state index in [-0.39, 0.29) is 12.0 Å². The molecule has 0 spiro atoms. The van der Waals surface area contributed by atoms with Crippen molar-refractivity contribution in [1.29, 1.82) is 0 Å². The molecule has 0 heterocycles. The number of hydrogen-bond donors (Lipinski definition) is 1. The lowest BCUT2D eigenvalue weighted by Crippen LogP contribution is -2.01. The van der Waals surface area contributed by atoms with Gasteiger partial charge in [0.2, 0.25) is 0 Å². The van der Waals surface area contributed by atoms with Gasteiger partial charge in [0.25, 0.3) is 0 Å². The van der Waals surface area contributed by atoms with Crippen LogP contribution in [0.4, 0.5) is 0 Å². The smallest absolute Gasteiger partial charge is 0.161 e. The predicted molar refractivity (Wildman–Crippen MR) is 62.1 cm³/mol. The van der Waals surface area contributed by atoms with Gasteiger partial charge in [-0.2, -0.15) is 0 Å². The van der Waals surface area contributed by atoms with Crippen LogP contribution in [0, 0.1) is 0 Å². The highest BCUT2D eigenvalue weighted by Crippen LogP contribution is 2.34. The molecule has 3 nitrogen and oxygen atoms in total. The van der Waals surface area contributed by atoms with Gasteiger partial charge in [-0.1, -0.05) is 18.2 Å². The molecule has 0 saturated carbocycles. The van der Waals surface area contributed by atoms with Crippen LogP contribution in [0.15, 0.2) is 30.4 Å². The largest absolute Gasteiger partial charge is 0.493 e. The second-order valence-electron chi connectivity index (χ2n) is 3.91. The van der Waals surface area contributed by atoms with Gasteiger partial charge in [-0.25, -0.2) is 0 Å². The van der Waals surface area contributed by atoms with Crippen molar-refractivity contribution < 1.29 is 14.6 Å². The van der Waals surface area contributed by atoms with E-state index in [9.17, 15) is 5.11 Å². The second kappa shape index (κ2) is 4.58. The summed E-state index contributed by atoms with van der Waals surface area (Å²) in [7, 11) is 3.25. The van der Waals surface area contributed by atoms with Gasteiger partial charge >= 0.3 is 0 Å². The maximum absolute atomic E-state index is 9.45. The minimum Gasteiger partial charge on any atom is -0.493 e. The molecule has 0 fully saturated rings. The van der Waals surface area contributed by atoms with Gasteiger partial charge in [0.1, 0.15) is 0 Å². The van der Waals surface area contributed by atoms with Crippen molar-refractivity contribution in [2.24, 2.45) is 0 Å². The molecule has 1 aliphatic rings. The first kappa shape index (κ1) is 11.0. The molecular formula is C13H16O3. The lowest BCUT2D eigenvalue weighted by Gasteiger charge is -2.13. The van der Waals surface area contributed by atoms with Crippen molar-refractivity contribution in [2.75, 3.05) is 14.2 Å². The Morgan fingerprint density at radius 3 is 2.44 bits per heavy atom. The number of aliphatic hydroxyl groups excluding tert-OH is 1. The molecule has 1 aliphatic carbocycles. The Bertz CT molecular complexity index is 398. The first-order chi connectivity index (χ1) is 7.74. The predicted octanol–water partition coefficient (Wildman–Crippen LogP) is 2.11. The second-order valence-corrected chi connectivity index (χ2v) is 3.91. The Balaban J connectivity index is 2.26. The van der Waals surface area contributed by atoms with E-state index >= 15 is 0 Å².